The lowest BCUT2D eigenvalue weighted by atomic mass is 10.00. The van der Waals surface area contributed by atoms with Crippen LogP contribution in [0.2, 0.25) is 0 Å². The third kappa shape index (κ3) is 5.32. The van der Waals surface area contributed by atoms with Crippen LogP contribution < -0.4 is 4.74 Å². The molecule has 0 saturated carbocycles. The third-order valence-electron chi connectivity index (χ3n) is 4.58. The van der Waals surface area contributed by atoms with E-state index in [1.54, 1.807) is 43.3 Å². The number of ether oxygens (including phenoxy) is 2. The largest absolute Gasteiger partial charge is 0.494 e. The molecular weight excluding hydrogens is 364 g/mol. The maximum absolute atomic E-state index is 12.7. The summed E-state index contributed by atoms with van der Waals surface area (Å²) in [5.74, 6) is -0.0474. The van der Waals surface area contributed by atoms with Crippen LogP contribution in [0.1, 0.15) is 45.7 Å². The van der Waals surface area contributed by atoms with Gasteiger partial charge in [-0.25, -0.2) is 4.79 Å². The molecule has 29 heavy (non-hydrogen) atoms. The highest BCUT2D eigenvalue weighted by molar-refractivity contribution is 6.01. The Bertz CT molecular complexity index is 962. The molecule has 0 aliphatic rings. The zero-order chi connectivity index (χ0) is 20.6. The molecular formula is C25H24O4. The van der Waals surface area contributed by atoms with E-state index in [2.05, 4.69) is 0 Å². The highest BCUT2D eigenvalue weighted by Crippen LogP contribution is 2.18. The summed E-state index contributed by atoms with van der Waals surface area (Å²) in [4.78, 5) is 25.4. The van der Waals surface area contributed by atoms with Crippen molar-refractivity contribution in [3.63, 3.8) is 0 Å². The van der Waals surface area contributed by atoms with Crippen LogP contribution >= 0.6 is 0 Å². The van der Waals surface area contributed by atoms with E-state index in [0.29, 0.717) is 29.9 Å². The molecule has 3 rings (SSSR count). The van der Waals surface area contributed by atoms with E-state index in [-0.39, 0.29) is 5.78 Å². The van der Waals surface area contributed by atoms with E-state index in [0.717, 1.165) is 11.1 Å². The Morgan fingerprint density at radius 3 is 2.21 bits per heavy atom. The summed E-state index contributed by atoms with van der Waals surface area (Å²) in [5, 5.41) is 0. The molecule has 148 valence electrons. The molecule has 1 atom stereocenters. The lowest BCUT2D eigenvalue weighted by Crippen LogP contribution is -2.25. The van der Waals surface area contributed by atoms with Crippen LogP contribution in [0.15, 0.2) is 78.9 Å². The summed E-state index contributed by atoms with van der Waals surface area (Å²) >= 11 is 0. The van der Waals surface area contributed by atoms with Crippen LogP contribution in [0.25, 0.3) is 0 Å². The molecule has 0 aliphatic carbocycles. The van der Waals surface area contributed by atoms with Crippen molar-refractivity contribution < 1.29 is 19.1 Å². The number of ketones is 1. The van der Waals surface area contributed by atoms with Crippen molar-refractivity contribution in [3.05, 3.63) is 101 Å². The van der Waals surface area contributed by atoms with Crippen molar-refractivity contribution in [2.75, 3.05) is 6.61 Å². The topological polar surface area (TPSA) is 52.6 Å². The summed E-state index contributed by atoms with van der Waals surface area (Å²) in [6.45, 7) is 4.05. The van der Waals surface area contributed by atoms with Crippen LogP contribution in [-0.2, 0) is 11.2 Å². The Morgan fingerprint density at radius 2 is 1.52 bits per heavy atom. The number of hydrogen-bond donors (Lipinski definition) is 0. The van der Waals surface area contributed by atoms with Crippen molar-refractivity contribution in [3.8, 4) is 5.75 Å². The number of esters is 1. The molecule has 0 fully saturated rings. The number of hydrogen-bond acceptors (Lipinski definition) is 4. The first-order valence-corrected chi connectivity index (χ1v) is 9.68. The highest BCUT2D eigenvalue weighted by Gasteiger charge is 2.22. The Labute approximate surface area is 171 Å². The van der Waals surface area contributed by atoms with Gasteiger partial charge >= 0.3 is 5.97 Å². The fourth-order valence-corrected chi connectivity index (χ4v) is 3.08. The van der Waals surface area contributed by atoms with Crippen LogP contribution in [0.4, 0.5) is 0 Å². The molecule has 0 heterocycles. The fourth-order valence-electron chi connectivity index (χ4n) is 3.08. The molecule has 0 bridgehead atoms. The third-order valence-corrected chi connectivity index (χ3v) is 4.58. The van der Waals surface area contributed by atoms with E-state index >= 15 is 0 Å². The quantitative estimate of drug-likeness (QED) is 0.398. The van der Waals surface area contributed by atoms with Gasteiger partial charge in [-0.2, -0.15) is 0 Å². The lowest BCUT2D eigenvalue weighted by molar-refractivity contribution is 0.0318. The molecule has 3 aromatic carbocycles. The van der Waals surface area contributed by atoms with Gasteiger partial charge in [0.1, 0.15) is 5.75 Å². The van der Waals surface area contributed by atoms with Gasteiger partial charge < -0.3 is 9.47 Å². The second kappa shape index (κ2) is 9.69. The molecule has 0 radical (unpaired) electrons. The summed E-state index contributed by atoms with van der Waals surface area (Å²) in [6, 6.07) is 24.1. The van der Waals surface area contributed by atoms with Crippen LogP contribution in [0.3, 0.4) is 0 Å². The molecule has 0 N–H and O–H groups in total. The van der Waals surface area contributed by atoms with E-state index in [9.17, 15) is 9.59 Å². The molecule has 0 spiro atoms. The van der Waals surface area contributed by atoms with Crippen LogP contribution in [0, 0.1) is 0 Å². The predicted octanol–water partition coefficient (Wildman–Crippen LogP) is 5.10. The number of carbonyl (C=O) groups excluding carboxylic acids is 2. The van der Waals surface area contributed by atoms with E-state index in [1.807, 2.05) is 49.4 Å². The fraction of sp³-hybridized carbons (Fsp3) is 0.200. The maximum atomic E-state index is 12.7. The van der Waals surface area contributed by atoms with Gasteiger partial charge in [0.05, 0.1) is 12.2 Å². The van der Waals surface area contributed by atoms with Crippen molar-refractivity contribution in [1.29, 1.82) is 0 Å². The molecule has 0 amide bonds. The molecule has 0 unspecified atom stereocenters. The molecule has 0 aliphatic heterocycles. The van der Waals surface area contributed by atoms with E-state index in [4.69, 9.17) is 9.47 Å². The number of rotatable bonds is 8. The molecule has 4 heteroatoms. The first kappa shape index (κ1) is 20.3. The zero-order valence-electron chi connectivity index (χ0n) is 16.6. The summed E-state index contributed by atoms with van der Waals surface area (Å²) < 4.78 is 10.9. The van der Waals surface area contributed by atoms with Gasteiger partial charge in [0.2, 0.25) is 5.78 Å². The second-order valence-electron chi connectivity index (χ2n) is 6.69. The van der Waals surface area contributed by atoms with Gasteiger partial charge in [0.25, 0.3) is 0 Å². The van der Waals surface area contributed by atoms with Crippen molar-refractivity contribution >= 4 is 11.8 Å². The van der Waals surface area contributed by atoms with Gasteiger partial charge in [-0.05, 0) is 61.7 Å². The first-order valence-electron chi connectivity index (χ1n) is 9.68. The van der Waals surface area contributed by atoms with E-state index < -0.39 is 12.1 Å². The smallest absolute Gasteiger partial charge is 0.339 e. The second-order valence-corrected chi connectivity index (χ2v) is 6.69. The summed E-state index contributed by atoms with van der Waals surface area (Å²) in [6.07, 6.45) is -0.266. The highest BCUT2D eigenvalue weighted by atomic mass is 16.5. The first-order chi connectivity index (χ1) is 14.1. The minimum absolute atomic E-state index is 0.248. The SMILES string of the molecule is CCOc1ccc(C(=O)[C@H](C)OC(=O)c2ccccc2Cc2ccccc2)cc1. The predicted molar refractivity (Wildman–Crippen MR) is 113 cm³/mol. The normalized spacial score (nSPS) is 11.5. The van der Waals surface area contributed by atoms with Gasteiger partial charge in [0, 0.05) is 5.56 Å². The van der Waals surface area contributed by atoms with Crippen LogP contribution in [-0.4, -0.2) is 24.5 Å². The minimum Gasteiger partial charge on any atom is -0.494 e. The Kier molecular flexibility index (Phi) is 6.80. The standard InChI is InChI=1S/C25H24O4/c1-3-28-22-15-13-20(14-16-22)24(26)18(2)29-25(27)23-12-8-7-11-21(23)17-19-9-5-4-6-10-19/h4-16,18H,3,17H2,1-2H3/t18-/m0/s1. The average Bonchev–Trinajstić information content (AvgIpc) is 2.75. The zero-order valence-corrected chi connectivity index (χ0v) is 16.6. The van der Waals surface area contributed by atoms with Gasteiger partial charge in [-0.3, -0.25) is 4.79 Å². The molecule has 4 nitrogen and oxygen atoms in total. The van der Waals surface area contributed by atoms with Gasteiger partial charge in [-0.1, -0.05) is 48.5 Å². The number of benzene rings is 3. The Morgan fingerprint density at radius 1 is 0.862 bits per heavy atom. The Balaban J connectivity index is 1.70. The monoisotopic (exact) mass is 388 g/mol. The minimum atomic E-state index is -0.884. The lowest BCUT2D eigenvalue weighted by Gasteiger charge is -2.15. The maximum Gasteiger partial charge on any atom is 0.339 e. The van der Waals surface area contributed by atoms with Crippen molar-refractivity contribution in [2.24, 2.45) is 0 Å². The average molecular weight is 388 g/mol. The molecule has 0 aromatic heterocycles. The summed E-state index contributed by atoms with van der Waals surface area (Å²) in [7, 11) is 0. The van der Waals surface area contributed by atoms with E-state index in [1.165, 1.54) is 0 Å². The van der Waals surface area contributed by atoms with Crippen molar-refractivity contribution in [1.82, 2.24) is 0 Å². The van der Waals surface area contributed by atoms with Crippen LogP contribution in [0.5, 0.6) is 5.75 Å². The number of carbonyl (C=O) groups is 2. The van der Waals surface area contributed by atoms with Crippen molar-refractivity contribution in [2.45, 2.75) is 26.4 Å². The summed E-state index contributed by atoms with van der Waals surface area (Å²) in [5.41, 5.74) is 2.92. The molecule has 0 saturated heterocycles. The Hall–Kier alpha value is -3.40. The van der Waals surface area contributed by atoms with Gasteiger partial charge in [0.15, 0.2) is 6.10 Å². The van der Waals surface area contributed by atoms with Gasteiger partial charge in [-0.15, -0.1) is 0 Å². The number of Topliss-reactive ketones (excluding diaryl/α,β-unsaturated/α-hetero) is 1. The molecule has 3 aromatic rings.